The Labute approximate surface area is 83.3 Å². The second kappa shape index (κ2) is 3.60. The quantitative estimate of drug-likeness (QED) is 0.680. The summed E-state index contributed by atoms with van der Waals surface area (Å²) in [5.41, 5.74) is 1.10. The molecule has 0 aliphatic carbocycles. The maximum Gasteiger partial charge on any atom is 0.115 e. The van der Waals surface area contributed by atoms with Crippen LogP contribution in [0.15, 0.2) is 23.1 Å². The van der Waals surface area contributed by atoms with Crippen LogP contribution >= 0.6 is 11.9 Å². The van der Waals surface area contributed by atoms with Gasteiger partial charge in [0.05, 0.1) is 0 Å². The van der Waals surface area contributed by atoms with Crippen molar-refractivity contribution >= 4 is 11.9 Å². The van der Waals surface area contributed by atoms with Crippen LogP contribution in [0.1, 0.15) is 26.3 Å². The lowest BCUT2D eigenvalue weighted by molar-refractivity contribution is 0.469. The van der Waals surface area contributed by atoms with E-state index in [0.29, 0.717) is 5.75 Å². The topological polar surface area (TPSA) is 46.2 Å². The number of benzene rings is 1. The fourth-order valence-corrected chi connectivity index (χ4v) is 1.85. The Morgan fingerprint density at radius 3 is 2.38 bits per heavy atom. The molecule has 72 valence electrons. The maximum absolute atomic E-state index is 9.35. The van der Waals surface area contributed by atoms with Gasteiger partial charge in [0.1, 0.15) is 5.75 Å². The van der Waals surface area contributed by atoms with E-state index in [-0.39, 0.29) is 5.41 Å². The summed E-state index contributed by atoms with van der Waals surface area (Å²) in [5, 5.41) is 14.9. The first-order valence-corrected chi connectivity index (χ1v) is 5.03. The summed E-state index contributed by atoms with van der Waals surface area (Å²) in [7, 11) is 0. The second-order valence-electron chi connectivity index (χ2n) is 4.05. The number of phenolic OH excluding ortho intramolecular Hbond substituents is 1. The van der Waals surface area contributed by atoms with E-state index < -0.39 is 0 Å². The molecule has 3 N–H and O–H groups in total. The van der Waals surface area contributed by atoms with Gasteiger partial charge in [0.25, 0.3) is 0 Å². The number of hydrogen-bond donors (Lipinski definition) is 2. The number of rotatable bonds is 1. The zero-order valence-corrected chi connectivity index (χ0v) is 8.98. The lowest BCUT2D eigenvalue weighted by atomic mass is 9.87. The molecule has 0 unspecified atom stereocenters. The molecule has 13 heavy (non-hydrogen) atoms. The van der Waals surface area contributed by atoms with Gasteiger partial charge in [-0.05, 0) is 41.1 Å². The van der Waals surface area contributed by atoms with Gasteiger partial charge in [-0.1, -0.05) is 20.8 Å². The fraction of sp³-hybridized carbons (Fsp3) is 0.400. The molecule has 0 aromatic heterocycles. The molecule has 1 aromatic rings. The minimum absolute atomic E-state index is 0.0143. The Hall–Kier alpha value is -0.670. The largest absolute Gasteiger partial charge is 0.508 e. The van der Waals surface area contributed by atoms with Crippen LogP contribution in [0.25, 0.3) is 0 Å². The van der Waals surface area contributed by atoms with Crippen molar-refractivity contribution in [1.29, 1.82) is 0 Å². The Kier molecular flexibility index (Phi) is 2.88. The molecule has 0 aliphatic heterocycles. The van der Waals surface area contributed by atoms with Crippen LogP contribution in [0.5, 0.6) is 5.75 Å². The average molecular weight is 197 g/mol. The third-order valence-electron chi connectivity index (χ3n) is 1.90. The Morgan fingerprint density at radius 1 is 1.31 bits per heavy atom. The molecule has 0 aliphatic rings. The second-order valence-corrected chi connectivity index (χ2v) is 4.72. The van der Waals surface area contributed by atoms with E-state index >= 15 is 0 Å². The summed E-state index contributed by atoms with van der Waals surface area (Å²) in [4.78, 5) is 1.02. The minimum atomic E-state index is 0.0143. The van der Waals surface area contributed by atoms with Gasteiger partial charge in [0.2, 0.25) is 0 Å². The molecule has 3 heteroatoms. The Bertz CT molecular complexity index is 304. The van der Waals surface area contributed by atoms with Gasteiger partial charge in [-0.3, -0.25) is 5.14 Å². The highest BCUT2D eigenvalue weighted by molar-refractivity contribution is 7.97. The molecule has 0 radical (unpaired) electrons. The van der Waals surface area contributed by atoms with Crippen molar-refractivity contribution in [3.8, 4) is 5.75 Å². The summed E-state index contributed by atoms with van der Waals surface area (Å²) in [6, 6.07) is 5.28. The predicted molar refractivity (Wildman–Crippen MR) is 56.9 cm³/mol. The van der Waals surface area contributed by atoms with Crippen molar-refractivity contribution in [3.05, 3.63) is 23.8 Å². The van der Waals surface area contributed by atoms with Gasteiger partial charge in [-0.15, -0.1) is 0 Å². The van der Waals surface area contributed by atoms with Crippen LogP contribution in [0, 0.1) is 0 Å². The molecule has 0 saturated carbocycles. The van der Waals surface area contributed by atoms with Crippen LogP contribution in [-0.2, 0) is 5.41 Å². The molecule has 0 fully saturated rings. The summed E-state index contributed by atoms with van der Waals surface area (Å²) in [5.74, 6) is 0.294. The first kappa shape index (κ1) is 10.4. The molecule has 2 nitrogen and oxygen atoms in total. The fourth-order valence-electron chi connectivity index (χ4n) is 1.21. The van der Waals surface area contributed by atoms with Crippen molar-refractivity contribution in [3.63, 3.8) is 0 Å². The number of hydrogen-bond acceptors (Lipinski definition) is 3. The van der Waals surface area contributed by atoms with E-state index in [1.54, 1.807) is 12.1 Å². The van der Waals surface area contributed by atoms with E-state index in [2.05, 4.69) is 20.8 Å². The molecular weight excluding hydrogens is 182 g/mol. The molecule has 0 bridgehead atoms. The molecule has 0 heterocycles. The zero-order chi connectivity index (χ0) is 10.1. The normalized spacial score (nSPS) is 11.7. The van der Waals surface area contributed by atoms with E-state index in [1.807, 2.05) is 6.07 Å². The standard InChI is InChI=1S/C10H15NOS/c1-10(2,3)8-6-7(12)4-5-9(8)13-11/h4-6,12H,11H2,1-3H3. The highest BCUT2D eigenvalue weighted by Gasteiger charge is 2.18. The average Bonchev–Trinajstić information content (AvgIpc) is 2.03. The van der Waals surface area contributed by atoms with Gasteiger partial charge >= 0.3 is 0 Å². The lowest BCUT2D eigenvalue weighted by Crippen LogP contribution is -2.12. The molecule has 1 rings (SSSR count). The highest BCUT2D eigenvalue weighted by atomic mass is 32.2. The molecule has 1 aromatic carbocycles. The summed E-state index contributed by atoms with van der Waals surface area (Å²) < 4.78 is 0. The van der Waals surface area contributed by atoms with Crippen molar-refractivity contribution in [1.82, 2.24) is 0 Å². The maximum atomic E-state index is 9.35. The third-order valence-corrected chi connectivity index (χ3v) is 2.51. The smallest absolute Gasteiger partial charge is 0.115 e. The summed E-state index contributed by atoms with van der Waals surface area (Å²) in [6.07, 6.45) is 0. The van der Waals surface area contributed by atoms with E-state index in [4.69, 9.17) is 5.14 Å². The SMILES string of the molecule is CC(C)(C)c1cc(O)ccc1SN. The number of phenols is 1. The van der Waals surface area contributed by atoms with Crippen LogP contribution < -0.4 is 5.14 Å². The minimum Gasteiger partial charge on any atom is -0.508 e. The van der Waals surface area contributed by atoms with Crippen LogP contribution in [-0.4, -0.2) is 5.11 Å². The van der Waals surface area contributed by atoms with Gasteiger partial charge in [-0.2, -0.15) is 0 Å². The molecule has 0 spiro atoms. The Morgan fingerprint density at radius 2 is 1.92 bits per heavy atom. The molecule has 0 atom stereocenters. The van der Waals surface area contributed by atoms with E-state index in [9.17, 15) is 5.11 Å². The van der Waals surface area contributed by atoms with Crippen LogP contribution in [0.2, 0.25) is 0 Å². The van der Waals surface area contributed by atoms with Gasteiger partial charge in [0, 0.05) is 4.90 Å². The monoisotopic (exact) mass is 197 g/mol. The van der Waals surface area contributed by atoms with Crippen molar-refractivity contribution in [2.75, 3.05) is 0 Å². The summed E-state index contributed by atoms with van der Waals surface area (Å²) >= 11 is 1.22. The zero-order valence-electron chi connectivity index (χ0n) is 8.16. The Balaban J connectivity index is 3.24. The van der Waals surface area contributed by atoms with Gasteiger partial charge in [-0.25, -0.2) is 0 Å². The summed E-state index contributed by atoms with van der Waals surface area (Å²) in [6.45, 7) is 6.30. The van der Waals surface area contributed by atoms with Crippen LogP contribution in [0.3, 0.4) is 0 Å². The van der Waals surface area contributed by atoms with Crippen molar-refractivity contribution < 1.29 is 5.11 Å². The lowest BCUT2D eigenvalue weighted by Gasteiger charge is -2.21. The molecule has 0 amide bonds. The van der Waals surface area contributed by atoms with Crippen molar-refractivity contribution in [2.24, 2.45) is 5.14 Å². The highest BCUT2D eigenvalue weighted by Crippen LogP contribution is 2.32. The third kappa shape index (κ3) is 2.39. The first-order valence-electron chi connectivity index (χ1n) is 4.15. The van der Waals surface area contributed by atoms with Crippen LogP contribution in [0.4, 0.5) is 0 Å². The van der Waals surface area contributed by atoms with Gasteiger partial charge in [0.15, 0.2) is 0 Å². The predicted octanol–water partition coefficient (Wildman–Crippen LogP) is 2.66. The first-order chi connectivity index (χ1) is 5.95. The van der Waals surface area contributed by atoms with E-state index in [1.165, 1.54) is 11.9 Å². The van der Waals surface area contributed by atoms with Crippen molar-refractivity contribution in [2.45, 2.75) is 31.1 Å². The van der Waals surface area contributed by atoms with E-state index in [0.717, 1.165) is 10.5 Å². The number of nitrogens with two attached hydrogens (primary N) is 1. The molecular formula is C10H15NOS. The molecule has 0 saturated heterocycles. The number of aromatic hydroxyl groups is 1. The van der Waals surface area contributed by atoms with Gasteiger partial charge < -0.3 is 5.11 Å².